The van der Waals surface area contributed by atoms with Crippen LogP contribution >= 0.6 is 0 Å². The number of nitrogens with zero attached hydrogens (tertiary/aromatic N) is 3. The van der Waals surface area contributed by atoms with Crippen LogP contribution in [-0.4, -0.2) is 29.4 Å². The summed E-state index contributed by atoms with van der Waals surface area (Å²) in [5.41, 5.74) is 2.76. The number of aromatic nitrogens is 2. The Morgan fingerprint density at radius 3 is 2.85 bits per heavy atom. The summed E-state index contributed by atoms with van der Waals surface area (Å²) in [6.07, 6.45) is 0.348. The van der Waals surface area contributed by atoms with Crippen molar-refractivity contribution in [3.63, 3.8) is 0 Å². The van der Waals surface area contributed by atoms with Gasteiger partial charge in [-0.15, -0.1) is 0 Å². The molecule has 1 fully saturated rings. The number of amides is 1. The molecule has 1 unspecified atom stereocenters. The normalized spacial score (nSPS) is 18.3. The van der Waals surface area contributed by atoms with Crippen LogP contribution in [0.25, 0.3) is 11.5 Å². The second-order valence-electron chi connectivity index (χ2n) is 6.72. The van der Waals surface area contributed by atoms with E-state index in [9.17, 15) is 4.79 Å². The number of benzene rings is 2. The van der Waals surface area contributed by atoms with Crippen LogP contribution in [0.5, 0.6) is 11.5 Å². The highest BCUT2D eigenvalue weighted by Crippen LogP contribution is 2.38. The fraction of sp³-hybridized carbons (Fsp3) is 0.250. The van der Waals surface area contributed by atoms with E-state index in [1.165, 1.54) is 0 Å². The molecule has 1 saturated heterocycles. The number of fused-ring (bicyclic) bond motifs is 1. The minimum atomic E-state index is -0.107. The molecule has 2 aromatic carbocycles. The molecule has 5 rings (SSSR count). The number of aryl methyl sites for hydroxylation is 1. The van der Waals surface area contributed by atoms with E-state index in [0.29, 0.717) is 36.2 Å². The molecule has 0 aliphatic carbocycles. The molecule has 2 aliphatic rings. The number of rotatable bonds is 3. The van der Waals surface area contributed by atoms with Crippen molar-refractivity contribution in [2.75, 3.05) is 18.2 Å². The van der Waals surface area contributed by atoms with Crippen LogP contribution in [0.15, 0.2) is 47.0 Å². The van der Waals surface area contributed by atoms with E-state index < -0.39 is 0 Å². The van der Waals surface area contributed by atoms with Gasteiger partial charge in [0.2, 0.25) is 12.7 Å². The zero-order chi connectivity index (χ0) is 18.4. The van der Waals surface area contributed by atoms with Gasteiger partial charge in [-0.1, -0.05) is 23.4 Å². The summed E-state index contributed by atoms with van der Waals surface area (Å²) < 4.78 is 16.2. The van der Waals surface area contributed by atoms with Crippen molar-refractivity contribution < 1.29 is 18.8 Å². The zero-order valence-corrected chi connectivity index (χ0v) is 14.7. The topological polar surface area (TPSA) is 77.7 Å². The molecular formula is C20H17N3O4. The Morgan fingerprint density at radius 2 is 1.96 bits per heavy atom. The minimum Gasteiger partial charge on any atom is -0.454 e. The van der Waals surface area contributed by atoms with Crippen LogP contribution in [0, 0.1) is 6.92 Å². The van der Waals surface area contributed by atoms with Gasteiger partial charge >= 0.3 is 0 Å². The highest BCUT2D eigenvalue weighted by atomic mass is 16.7. The predicted molar refractivity (Wildman–Crippen MR) is 96.7 cm³/mol. The third-order valence-electron chi connectivity index (χ3n) is 4.98. The number of carbonyl (C=O) groups excluding carboxylic acids is 1. The Morgan fingerprint density at radius 1 is 1.11 bits per heavy atom. The van der Waals surface area contributed by atoms with E-state index in [1.54, 1.807) is 4.90 Å². The summed E-state index contributed by atoms with van der Waals surface area (Å²) in [6, 6.07) is 13.4. The van der Waals surface area contributed by atoms with Gasteiger partial charge in [-0.25, -0.2) is 0 Å². The average molecular weight is 363 g/mol. The van der Waals surface area contributed by atoms with Gasteiger partial charge in [-0.2, -0.15) is 4.98 Å². The fourth-order valence-electron chi connectivity index (χ4n) is 3.51. The van der Waals surface area contributed by atoms with Gasteiger partial charge < -0.3 is 18.9 Å². The first-order chi connectivity index (χ1) is 13.2. The Kier molecular flexibility index (Phi) is 3.60. The lowest BCUT2D eigenvalue weighted by Crippen LogP contribution is -2.24. The molecule has 3 heterocycles. The SMILES string of the molecule is Cc1ccccc1-c1nc(C2CC(=O)N(c3ccc4c(c3)OCO4)C2)no1. The van der Waals surface area contributed by atoms with Gasteiger partial charge in [-0.05, 0) is 30.7 Å². The van der Waals surface area contributed by atoms with Crippen molar-refractivity contribution in [2.45, 2.75) is 19.3 Å². The van der Waals surface area contributed by atoms with Crippen molar-refractivity contribution in [1.29, 1.82) is 0 Å². The van der Waals surface area contributed by atoms with Crippen molar-refractivity contribution in [3.05, 3.63) is 53.9 Å². The molecule has 7 heteroatoms. The lowest BCUT2D eigenvalue weighted by molar-refractivity contribution is -0.117. The first-order valence-corrected chi connectivity index (χ1v) is 8.78. The molecule has 1 amide bonds. The zero-order valence-electron chi connectivity index (χ0n) is 14.7. The summed E-state index contributed by atoms with van der Waals surface area (Å²) >= 11 is 0. The average Bonchev–Trinajstić information content (AvgIpc) is 3.40. The third-order valence-corrected chi connectivity index (χ3v) is 4.98. The van der Waals surface area contributed by atoms with E-state index in [0.717, 1.165) is 16.8 Å². The van der Waals surface area contributed by atoms with E-state index in [1.807, 2.05) is 49.4 Å². The smallest absolute Gasteiger partial charge is 0.258 e. The maximum absolute atomic E-state index is 12.6. The second-order valence-corrected chi connectivity index (χ2v) is 6.72. The van der Waals surface area contributed by atoms with Gasteiger partial charge in [0.15, 0.2) is 17.3 Å². The molecule has 1 atom stereocenters. The lowest BCUT2D eigenvalue weighted by atomic mass is 10.1. The number of anilines is 1. The molecule has 0 bridgehead atoms. The van der Waals surface area contributed by atoms with Gasteiger partial charge in [-0.3, -0.25) is 4.79 Å². The number of carbonyl (C=O) groups is 1. The molecular weight excluding hydrogens is 346 g/mol. The van der Waals surface area contributed by atoms with Crippen LogP contribution in [0.3, 0.4) is 0 Å². The summed E-state index contributed by atoms with van der Waals surface area (Å²) in [6.45, 7) is 2.71. The second kappa shape index (κ2) is 6.12. The highest BCUT2D eigenvalue weighted by Gasteiger charge is 2.35. The van der Waals surface area contributed by atoms with E-state index in [-0.39, 0.29) is 18.6 Å². The van der Waals surface area contributed by atoms with Crippen LogP contribution in [0.4, 0.5) is 5.69 Å². The molecule has 136 valence electrons. The quantitative estimate of drug-likeness (QED) is 0.711. The maximum atomic E-state index is 12.6. The molecule has 2 aliphatic heterocycles. The van der Waals surface area contributed by atoms with Crippen molar-refractivity contribution in [1.82, 2.24) is 10.1 Å². The monoisotopic (exact) mass is 363 g/mol. The van der Waals surface area contributed by atoms with Gasteiger partial charge in [0.25, 0.3) is 5.89 Å². The molecule has 3 aromatic rings. The van der Waals surface area contributed by atoms with Crippen molar-refractivity contribution >= 4 is 11.6 Å². The predicted octanol–water partition coefficient (Wildman–Crippen LogP) is 3.29. The summed E-state index contributed by atoms with van der Waals surface area (Å²) in [5, 5.41) is 4.13. The molecule has 0 saturated carbocycles. The fourth-order valence-corrected chi connectivity index (χ4v) is 3.51. The summed E-state index contributed by atoms with van der Waals surface area (Å²) in [4.78, 5) is 18.8. The molecule has 7 nitrogen and oxygen atoms in total. The number of hydrogen-bond acceptors (Lipinski definition) is 6. The van der Waals surface area contributed by atoms with Crippen LogP contribution in [0.1, 0.15) is 23.7 Å². The standard InChI is InChI=1S/C20H17N3O4/c1-12-4-2-3-5-15(12)20-21-19(22-27-20)13-8-18(24)23(10-13)14-6-7-16-17(9-14)26-11-25-16/h2-7,9,13H,8,10-11H2,1H3. The van der Waals surface area contributed by atoms with E-state index >= 15 is 0 Å². The molecule has 0 spiro atoms. The van der Waals surface area contributed by atoms with E-state index in [2.05, 4.69) is 10.1 Å². The van der Waals surface area contributed by atoms with E-state index in [4.69, 9.17) is 14.0 Å². The third kappa shape index (κ3) is 2.71. The van der Waals surface area contributed by atoms with Gasteiger partial charge in [0.1, 0.15) is 0 Å². The molecule has 1 aromatic heterocycles. The Labute approximate surface area is 155 Å². The Balaban J connectivity index is 1.39. The van der Waals surface area contributed by atoms with Crippen LogP contribution in [-0.2, 0) is 4.79 Å². The number of ether oxygens (including phenoxy) is 2. The molecule has 0 radical (unpaired) electrons. The number of hydrogen-bond donors (Lipinski definition) is 0. The summed E-state index contributed by atoms with van der Waals surface area (Å²) in [7, 11) is 0. The van der Waals surface area contributed by atoms with Crippen molar-refractivity contribution in [3.8, 4) is 23.0 Å². The minimum absolute atomic E-state index is 0.0288. The molecule has 27 heavy (non-hydrogen) atoms. The first kappa shape index (κ1) is 15.9. The lowest BCUT2D eigenvalue weighted by Gasteiger charge is -2.16. The summed E-state index contributed by atoms with van der Waals surface area (Å²) in [5.74, 6) is 2.32. The van der Waals surface area contributed by atoms with Crippen LogP contribution in [0.2, 0.25) is 0 Å². The Bertz CT molecular complexity index is 1030. The van der Waals surface area contributed by atoms with Gasteiger partial charge in [0, 0.05) is 36.2 Å². The maximum Gasteiger partial charge on any atom is 0.258 e. The van der Waals surface area contributed by atoms with Crippen molar-refractivity contribution in [2.24, 2.45) is 0 Å². The Hall–Kier alpha value is -3.35. The molecule has 0 N–H and O–H groups in total. The van der Waals surface area contributed by atoms with Gasteiger partial charge in [0.05, 0.1) is 0 Å². The van der Waals surface area contributed by atoms with Crippen LogP contribution < -0.4 is 14.4 Å². The largest absolute Gasteiger partial charge is 0.454 e. The first-order valence-electron chi connectivity index (χ1n) is 8.78. The highest BCUT2D eigenvalue weighted by molar-refractivity contribution is 5.96.